The quantitative estimate of drug-likeness (QED) is 0.476. The number of nitrogens with one attached hydrogen (secondary N) is 1. The number of hydrogen-bond donors (Lipinski definition) is 3. The Bertz CT molecular complexity index is 163. The average molecular weight is 161 g/mol. The van der Waals surface area contributed by atoms with Crippen molar-refractivity contribution in [1.82, 2.24) is 5.32 Å². The lowest BCUT2D eigenvalue weighted by molar-refractivity contribution is -0.169. The van der Waals surface area contributed by atoms with E-state index in [9.17, 15) is 15.0 Å². The van der Waals surface area contributed by atoms with Crippen LogP contribution in [0.4, 0.5) is 0 Å². The topological polar surface area (TPSA) is 69.6 Å². The third-order valence-corrected chi connectivity index (χ3v) is 2.12. The molecule has 0 heterocycles. The lowest BCUT2D eigenvalue weighted by atomic mass is 9.90. The number of aliphatic hydroxyl groups is 2. The lowest BCUT2D eigenvalue weighted by Gasteiger charge is -2.35. The van der Waals surface area contributed by atoms with Crippen LogP contribution in [0.5, 0.6) is 0 Å². The van der Waals surface area contributed by atoms with Crippen molar-refractivity contribution in [2.75, 3.05) is 7.05 Å². The second kappa shape index (κ2) is 2.89. The Morgan fingerprint density at radius 3 is 1.82 bits per heavy atom. The third kappa shape index (κ3) is 1.77. The molecule has 3 N–H and O–H groups in total. The van der Waals surface area contributed by atoms with Crippen LogP contribution in [0.2, 0.25) is 0 Å². The van der Waals surface area contributed by atoms with Crippen LogP contribution in [0.1, 0.15) is 20.8 Å². The van der Waals surface area contributed by atoms with Gasteiger partial charge in [0, 0.05) is 0 Å². The van der Waals surface area contributed by atoms with E-state index in [2.05, 4.69) is 5.32 Å². The monoisotopic (exact) mass is 161 g/mol. The molecule has 0 aliphatic rings. The van der Waals surface area contributed by atoms with Crippen molar-refractivity contribution in [2.45, 2.75) is 32.1 Å². The van der Waals surface area contributed by atoms with Gasteiger partial charge in [-0.25, -0.2) is 0 Å². The second-order valence-corrected chi connectivity index (χ2v) is 2.95. The van der Waals surface area contributed by atoms with Crippen LogP contribution in [0.15, 0.2) is 0 Å². The number of carbonyl (C=O) groups excluding carboxylic acids is 1. The van der Waals surface area contributed by atoms with Gasteiger partial charge in [0.25, 0.3) is 0 Å². The molecule has 0 aromatic rings. The first kappa shape index (κ1) is 10.6. The largest absolute Gasteiger partial charge is 0.378 e. The summed E-state index contributed by atoms with van der Waals surface area (Å²) in [5, 5.41) is 21.3. The molecule has 0 saturated heterocycles. The lowest BCUT2D eigenvalue weighted by Crippen LogP contribution is -2.61. The second-order valence-electron chi connectivity index (χ2n) is 2.95. The zero-order valence-electron chi connectivity index (χ0n) is 7.30. The molecule has 0 unspecified atom stereocenters. The first-order chi connectivity index (χ1) is 4.75. The van der Waals surface area contributed by atoms with Crippen molar-refractivity contribution >= 4 is 5.78 Å². The molecule has 4 nitrogen and oxygen atoms in total. The average Bonchev–Trinajstić information content (AvgIpc) is 1.87. The van der Waals surface area contributed by atoms with E-state index in [1.54, 1.807) is 0 Å². The number of likely N-dealkylation sites (N-methyl/N-ethyl adjacent to an activating group) is 1. The Morgan fingerprint density at radius 2 is 1.73 bits per heavy atom. The SMILES string of the molecule is CN[C@@](C)(O)[C@](C)(O)C(C)=O. The van der Waals surface area contributed by atoms with Gasteiger partial charge in [0.05, 0.1) is 0 Å². The number of carbonyl (C=O) groups is 1. The maximum absolute atomic E-state index is 10.8. The predicted molar refractivity (Wildman–Crippen MR) is 41.0 cm³/mol. The molecule has 0 radical (unpaired) electrons. The molecule has 11 heavy (non-hydrogen) atoms. The summed E-state index contributed by atoms with van der Waals surface area (Å²) in [7, 11) is 1.47. The number of Topliss-reactive ketones (excluding diaryl/α,β-unsaturated/α-hetero) is 1. The summed E-state index contributed by atoms with van der Waals surface area (Å²) >= 11 is 0. The number of ketones is 1. The van der Waals surface area contributed by atoms with Gasteiger partial charge in [-0.15, -0.1) is 0 Å². The Labute approximate surface area is 66.2 Å². The Balaban J connectivity index is 4.67. The van der Waals surface area contributed by atoms with Gasteiger partial charge in [-0.05, 0) is 27.8 Å². The van der Waals surface area contributed by atoms with Crippen LogP contribution in [0, 0.1) is 0 Å². The number of rotatable bonds is 3. The van der Waals surface area contributed by atoms with Crippen LogP contribution in [-0.4, -0.2) is 34.4 Å². The van der Waals surface area contributed by atoms with Gasteiger partial charge < -0.3 is 10.2 Å². The normalized spacial score (nSPS) is 22.0. The van der Waals surface area contributed by atoms with E-state index in [0.717, 1.165) is 0 Å². The van der Waals surface area contributed by atoms with Crippen molar-refractivity contribution in [3.05, 3.63) is 0 Å². The minimum absolute atomic E-state index is 0.475. The summed E-state index contributed by atoms with van der Waals surface area (Å²) in [6.45, 7) is 3.84. The zero-order valence-corrected chi connectivity index (χ0v) is 7.30. The third-order valence-electron chi connectivity index (χ3n) is 2.12. The highest BCUT2D eigenvalue weighted by Crippen LogP contribution is 2.19. The van der Waals surface area contributed by atoms with E-state index in [4.69, 9.17) is 0 Å². The Morgan fingerprint density at radius 1 is 1.36 bits per heavy atom. The molecule has 0 spiro atoms. The summed E-state index contributed by atoms with van der Waals surface area (Å²) in [6.07, 6.45) is 0. The summed E-state index contributed by atoms with van der Waals surface area (Å²) in [6, 6.07) is 0. The molecular weight excluding hydrogens is 146 g/mol. The fourth-order valence-corrected chi connectivity index (χ4v) is 0.586. The van der Waals surface area contributed by atoms with Crippen molar-refractivity contribution in [3.8, 4) is 0 Å². The smallest absolute Gasteiger partial charge is 0.165 e. The molecule has 0 aliphatic carbocycles. The van der Waals surface area contributed by atoms with Crippen LogP contribution in [0.25, 0.3) is 0 Å². The standard InChI is InChI=1S/C7H15NO3/c1-5(9)6(2,10)7(3,11)8-4/h8,10-11H,1-4H3/t6-,7+/m1/s1. The van der Waals surface area contributed by atoms with Gasteiger partial charge in [-0.1, -0.05) is 0 Å². The van der Waals surface area contributed by atoms with Crippen molar-refractivity contribution in [3.63, 3.8) is 0 Å². The summed E-state index contributed by atoms with van der Waals surface area (Å²) in [5.74, 6) is -0.475. The van der Waals surface area contributed by atoms with E-state index >= 15 is 0 Å². The minimum atomic E-state index is -1.75. The Kier molecular flexibility index (Phi) is 2.77. The van der Waals surface area contributed by atoms with Gasteiger partial charge in [0.15, 0.2) is 11.4 Å². The van der Waals surface area contributed by atoms with E-state index in [1.165, 1.54) is 27.8 Å². The van der Waals surface area contributed by atoms with Crippen molar-refractivity contribution in [1.29, 1.82) is 0 Å². The fourth-order valence-electron chi connectivity index (χ4n) is 0.586. The molecule has 2 atom stereocenters. The molecule has 4 heteroatoms. The molecule has 0 rings (SSSR count). The van der Waals surface area contributed by atoms with Crippen molar-refractivity contribution in [2.24, 2.45) is 0 Å². The highest BCUT2D eigenvalue weighted by molar-refractivity contribution is 5.85. The van der Waals surface area contributed by atoms with Crippen LogP contribution in [-0.2, 0) is 4.79 Å². The van der Waals surface area contributed by atoms with Gasteiger partial charge in [-0.3, -0.25) is 10.1 Å². The van der Waals surface area contributed by atoms with Crippen LogP contribution >= 0.6 is 0 Å². The van der Waals surface area contributed by atoms with Crippen molar-refractivity contribution < 1.29 is 15.0 Å². The zero-order chi connectivity index (χ0) is 9.28. The van der Waals surface area contributed by atoms with E-state index < -0.39 is 17.1 Å². The molecule has 0 bridgehead atoms. The highest BCUT2D eigenvalue weighted by Gasteiger charge is 2.44. The first-order valence-electron chi connectivity index (χ1n) is 3.40. The molecule has 0 amide bonds. The Hall–Kier alpha value is -0.450. The van der Waals surface area contributed by atoms with Crippen LogP contribution in [0.3, 0.4) is 0 Å². The van der Waals surface area contributed by atoms with Gasteiger partial charge in [-0.2, -0.15) is 0 Å². The molecule has 0 fully saturated rings. The maximum Gasteiger partial charge on any atom is 0.165 e. The molecule has 0 aromatic carbocycles. The molecule has 66 valence electrons. The summed E-state index contributed by atoms with van der Waals surface area (Å²) in [4.78, 5) is 10.8. The molecular formula is C7H15NO3. The van der Waals surface area contributed by atoms with Gasteiger partial charge in [0.1, 0.15) is 5.72 Å². The number of hydrogen-bond acceptors (Lipinski definition) is 4. The van der Waals surface area contributed by atoms with Gasteiger partial charge >= 0.3 is 0 Å². The molecule has 0 saturated carbocycles. The predicted octanol–water partition coefficient (Wildman–Crippen LogP) is -0.746. The summed E-state index contributed by atoms with van der Waals surface area (Å²) < 4.78 is 0. The van der Waals surface area contributed by atoms with E-state index in [0.29, 0.717) is 0 Å². The first-order valence-corrected chi connectivity index (χ1v) is 3.40. The minimum Gasteiger partial charge on any atom is -0.378 e. The van der Waals surface area contributed by atoms with E-state index in [-0.39, 0.29) is 0 Å². The van der Waals surface area contributed by atoms with Crippen LogP contribution < -0.4 is 5.32 Å². The maximum atomic E-state index is 10.8. The van der Waals surface area contributed by atoms with Gasteiger partial charge in [0.2, 0.25) is 0 Å². The highest BCUT2D eigenvalue weighted by atomic mass is 16.4. The molecule has 0 aliphatic heterocycles. The van der Waals surface area contributed by atoms with E-state index in [1.807, 2.05) is 0 Å². The summed E-state index contributed by atoms with van der Waals surface area (Å²) in [5.41, 5.74) is -3.33. The fraction of sp³-hybridized carbons (Fsp3) is 0.857. The molecule has 0 aromatic heterocycles.